The van der Waals surface area contributed by atoms with Gasteiger partial charge in [0.25, 0.3) is 0 Å². The molecule has 0 amide bonds. The molecule has 0 aliphatic rings. The summed E-state index contributed by atoms with van der Waals surface area (Å²) < 4.78 is 2.08. The summed E-state index contributed by atoms with van der Waals surface area (Å²) in [5.41, 5.74) is 1.23. The van der Waals surface area contributed by atoms with E-state index in [1.807, 2.05) is 18.2 Å². The fourth-order valence-corrected chi connectivity index (χ4v) is 2.41. The highest BCUT2D eigenvalue weighted by molar-refractivity contribution is 7.99. The Bertz CT molecular complexity index is 503. The van der Waals surface area contributed by atoms with E-state index in [0.717, 1.165) is 10.9 Å². The molecular weight excluding hydrogens is 242 g/mol. The minimum Gasteiger partial charge on any atom is -0.306 e. The average Bonchev–Trinajstić information content (AvgIpc) is 2.84. The summed E-state index contributed by atoms with van der Waals surface area (Å²) in [4.78, 5) is 0. The monoisotopic (exact) mass is 259 g/mol. The maximum Gasteiger partial charge on any atom is 0.191 e. The van der Waals surface area contributed by atoms with Gasteiger partial charge >= 0.3 is 0 Å². The van der Waals surface area contributed by atoms with Crippen molar-refractivity contribution in [2.75, 3.05) is 5.75 Å². The number of thioether (sulfide) groups is 1. The zero-order valence-electron chi connectivity index (χ0n) is 10.7. The number of rotatable bonds is 5. The number of hydrogen-bond donors (Lipinski definition) is 0. The molecule has 4 heteroatoms. The Kier molecular flexibility index (Phi) is 4.59. The van der Waals surface area contributed by atoms with E-state index in [0.29, 0.717) is 6.04 Å². The first-order valence-electron chi connectivity index (χ1n) is 6.01. The number of benzene rings is 1. The highest BCUT2D eigenvalue weighted by Gasteiger charge is 2.06. The number of hydrogen-bond acceptors (Lipinski definition) is 3. The molecule has 0 unspecified atom stereocenters. The van der Waals surface area contributed by atoms with Gasteiger partial charge in [0.05, 0.1) is 0 Å². The maximum absolute atomic E-state index is 4.12. The molecule has 94 valence electrons. The van der Waals surface area contributed by atoms with Gasteiger partial charge in [-0.15, -0.1) is 10.2 Å². The predicted molar refractivity (Wildman–Crippen MR) is 76.6 cm³/mol. The van der Waals surface area contributed by atoms with Crippen molar-refractivity contribution < 1.29 is 0 Å². The minimum atomic E-state index is 0.403. The normalized spacial score (nSPS) is 11.5. The van der Waals surface area contributed by atoms with Crippen molar-refractivity contribution in [2.24, 2.45) is 0 Å². The zero-order chi connectivity index (χ0) is 12.8. The van der Waals surface area contributed by atoms with Crippen molar-refractivity contribution >= 4 is 17.8 Å². The summed E-state index contributed by atoms with van der Waals surface area (Å²) in [5, 5.41) is 9.05. The smallest absolute Gasteiger partial charge is 0.191 e. The van der Waals surface area contributed by atoms with E-state index in [4.69, 9.17) is 0 Å². The molecular formula is C14H17N3S. The van der Waals surface area contributed by atoms with Gasteiger partial charge in [-0.2, -0.15) is 0 Å². The van der Waals surface area contributed by atoms with Gasteiger partial charge in [0, 0.05) is 11.8 Å². The standard InChI is InChI=1S/C14H17N3S/c1-12(2)17-11-15-16-14(17)18-10-6-9-13-7-4-3-5-8-13/h3-9,11-12H,10H2,1-2H3. The Morgan fingerprint density at radius 2 is 2.06 bits per heavy atom. The summed E-state index contributed by atoms with van der Waals surface area (Å²) in [6.07, 6.45) is 6.07. The van der Waals surface area contributed by atoms with Crippen LogP contribution >= 0.6 is 11.8 Å². The second-order valence-electron chi connectivity index (χ2n) is 4.24. The highest BCUT2D eigenvalue weighted by Crippen LogP contribution is 2.18. The van der Waals surface area contributed by atoms with Gasteiger partial charge in [-0.3, -0.25) is 0 Å². The van der Waals surface area contributed by atoms with Gasteiger partial charge in [0.2, 0.25) is 0 Å². The SMILES string of the molecule is CC(C)n1cnnc1SCC=Cc1ccccc1. The molecule has 2 rings (SSSR count). The molecule has 0 N–H and O–H groups in total. The first-order chi connectivity index (χ1) is 8.77. The first kappa shape index (κ1) is 12.9. The second kappa shape index (κ2) is 6.40. The lowest BCUT2D eigenvalue weighted by Gasteiger charge is -2.08. The topological polar surface area (TPSA) is 30.7 Å². The van der Waals surface area contributed by atoms with E-state index in [1.165, 1.54) is 5.56 Å². The molecule has 0 aliphatic heterocycles. The Morgan fingerprint density at radius 1 is 1.28 bits per heavy atom. The van der Waals surface area contributed by atoms with Gasteiger partial charge < -0.3 is 4.57 Å². The fourth-order valence-electron chi connectivity index (χ4n) is 1.56. The van der Waals surface area contributed by atoms with Crippen LogP contribution in [0.5, 0.6) is 0 Å². The van der Waals surface area contributed by atoms with Crippen molar-refractivity contribution in [2.45, 2.75) is 25.0 Å². The molecule has 0 atom stereocenters. The van der Waals surface area contributed by atoms with Crippen molar-refractivity contribution in [1.82, 2.24) is 14.8 Å². The summed E-state index contributed by atoms with van der Waals surface area (Å²) in [5.74, 6) is 0.903. The van der Waals surface area contributed by atoms with Crippen LogP contribution < -0.4 is 0 Å². The van der Waals surface area contributed by atoms with Crippen LogP contribution in [0, 0.1) is 0 Å². The summed E-state index contributed by atoms with van der Waals surface area (Å²) in [7, 11) is 0. The molecule has 1 aromatic carbocycles. The Morgan fingerprint density at radius 3 is 2.78 bits per heavy atom. The van der Waals surface area contributed by atoms with E-state index >= 15 is 0 Å². The van der Waals surface area contributed by atoms with E-state index in [9.17, 15) is 0 Å². The van der Waals surface area contributed by atoms with Crippen molar-refractivity contribution in [3.8, 4) is 0 Å². The third kappa shape index (κ3) is 3.47. The van der Waals surface area contributed by atoms with Gasteiger partial charge in [-0.1, -0.05) is 54.2 Å². The molecule has 3 nitrogen and oxygen atoms in total. The zero-order valence-corrected chi connectivity index (χ0v) is 11.5. The second-order valence-corrected chi connectivity index (χ2v) is 5.23. The molecule has 0 aliphatic carbocycles. The average molecular weight is 259 g/mol. The lowest BCUT2D eigenvalue weighted by molar-refractivity contribution is 0.549. The van der Waals surface area contributed by atoms with Crippen molar-refractivity contribution in [1.29, 1.82) is 0 Å². The summed E-state index contributed by atoms with van der Waals surface area (Å²) in [6, 6.07) is 10.7. The molecule has 1 aromatic heterocycles. The maximum atomic E-state index is 4.12. The van der Waals surface area contributed by atoms with Crippen molar-refractivity contribution in [3.63, 3.8) is 0 Å². The Hall–Kier alpha value is -1.55. The largest absolute Gasteiger partial charge is 0.306 e. The number of aromatic nitrogens is 3. The van der Waals surface area contributed by atoms with Crippen LogP contribution in [0.25, 0.3) is 6.08 Å². The molecule has 1 heterocycles. The first-order valence-corrected chi connectivity index (χ1v) is 7.00. The molecule has 2 aromatic rings. The molecule has 0 saturated heterocycles. The quantitative estimate of drug-likeness (QED) is 0.768. The van der Waals surface area contributed by atoms with Crippen LogP contribution in [-0.4, -0.2) is 20.5 Å². The molecule has 18 heavy (non-hydrogen) atoms. The number of nitrogens with zero attached hydrogens (tertiary/aromatic N) is 3. The van der Waals surface area contributed by atoms with E-state index in [-0.39, 0.29) is 0 Å². The molecule has 0 radical (unpaired) electrons. The van der Waals surface area contributed by atoms with E-state index in [2.05, 4.69) is 52.9 Å². The van der Waals surface area contributed by atoms with Gasteiger partial charge in [0.15, 0.2) is 5.16 Å². The predicted octanol–water partition coefficient (Wildman–Crippen LogP) is 3.66. The van der Waals surface area contributed by atoms with Crippen LogP contribution in [0.2, 0.25) is 0 Å². The van der Waals surface area contributed by atoms with Crippen LogP contribution in [-0.2, 0) is 0 Å². The fraction of sp³-hybridized carbons (Fsp3) is 0.286. The molecule has 0 bridgehead atoms. The van der Waals surface area contributed by atoms with Crippen LogP contribution in [0.1, 0.15) is 25.5 Å². The van der Waals surface area contributed by atoms with Gasteiger partial charge in [-0.25, -0.2) is 0 Å². The van der Waals surface area contributed by atoms with Crippen molar-refractivity contribution in [3.05, 3.63) is 48.3 Å². The minimum absolute atomic E-state index is 0.403. The highest BCUT2D eigenvalue weighted by atomic mass is 32.2. The van der Waals surface area contributed by atoms with E-state index < -0.39 is 0 Å². The third-order valence-electron chi connectivity index (χ3n) is 2.52. The summed E-state index contributed by atoms with van der Waals surface area (Å²) >= 11 is 1.70. The Labute approximate surface area is 112 Å². The van der Waals surface area contributed by atoms with Crippen LogP contribution in [0.15, 0.2) is 47.9 Å². The lowest BCUT2D eigenvalue weighted by Crippen LogP contribution is -2.00. The van der Waals surface area contributed by atoms with Gasteiger partial charge in [-0.05, 0) is 19.4 Å². The molecule has 0 fully saturated rings. The van der Waals surface area contributed by atoms with Gasteiger partial charge in [0.1, 0.15) is 6.33 Å². The van der Waals surface area contributed by atoms with Crippen LogP contribution in [0.4, 0.5) is 0 Å². The third-order valence-corrected chi connectivity index (χ3v) is 3.42. The molecule has 0 spiro atoms. The van der Waals surface area contributed by atoms with Crippen LogP contribution in [0.3, 0.4) is 0 Å². The molecule has 0 saturated carbocycles. The lowest BCUT2D eigenvalue weighted by atomic mass is 10.2. The Balaban J connectivity index is 1.89. The van der Waals surface area contributed by atoms with E-state index in [1.54, 1.807) is 18.1 Å². The summed E-state index contributed by atoms with van der Waals surface area (Å²) in [6.45, 7) is 4.26.